The molecule has 0 spiro atoms. The maximum Gasteiger partial charge on any atom is 0.309 e. The average molecular weight is 426 g/mol. The van der Waals surface area contributed by atoms with Gasteiger partial charge in [0.05, 0.1) is 5.92 Å². The molecule has 0 radical (unpaired) electrons. The number of carbonyl (C=O) groups excluding carboxylic acids is 3. The van der Waals surface area contributed by atoms with Crippen LogP contribution in [0, 0.1) is 32.5 Å². The van der Waals surface area contributed by atoms with Gasteiger partial charge in [-0.25, -0.2) is 4.39 Å². The van der Waals surface area contributed by atoms with Crippen molar-refractivity contribution in [1.29, 1.82) is 0 Å². The Balaban J connectivity index is 1.59. The fourth-order valence-electron chi connectivity index (χ4n) is 4.34. The zero-order valence-electron chi connectivity index (χ0n) is 18.5. The van der Waals surface area contributed by atoms with Gasteiger partial charge in [0.2, 0.25) is 0 Å². The fourth-order valence-corrected chi connectivity index (χ4v) is 4.34. The van der Waals surface area contributed by atoms with Crippen LogP contribution >= 0.6 is 0 Å². The molecule has 0 aromatic heterocycles. The van der Waals surface area contributed by atoms with E-state index in [1.165, 1.54) is 24.3 Å². The van der Waals surface area contributed by atoms with Crippen molar-refractivity contribution in [3.63, 3.8) is 0 Å². The quantitative estimate of drug-likeness (QED) is 0.521. The van der Waals surface area contributed by atoms with E-state index in [0.717, 1.165) is 22.3 Å². The van der Waals surface area contributed by atoms with Crippen molar-refractivity contribution < 1.29 is 23.5 Å². The summed E-state index contributed by atoms with van der Waals surface area (Å²) < 4.78 is 18.7. The lowest BCUT2D eigenvalue weighted by atomic mass is 9.92. The van der Waals surface area contributed by atoms with E-state index in [2.05, 4.69) is 0 Å². The number of piperidine rings is 1. The summed E-state index contributed by atoms with van der Waals surface area (Å²) in [6, 6.07) is 7.43. The molecule has 0 unspecified atom stereocenters. The van der Waals surface area contributed by atoms with Gasteiger partial charge in [-0.3, -0.25) is 14.4 Å². The van der Waals surface area contributed by atoms with E-state index < -0.39 is 0 Å². The molecule has 31 heavy (non-hydrogen) atoms. The monoisotopic (exact) mass is 425 g/mol. The van der Waals surface area contributed by atoms with Gasteiger partial charge in [0, 0.05) is 24.2 Å². The largest absolute Gasteiger partial charge is 0.461 e. The first-order chi connectivity index (χ1) is 14.7. The number of halogens is 1. The highest BCUT2D eigenvalue weighted by molar-refractivity contribution is 5.97. The molecule has 1 heterocycles. The van der Waals surface area contributed by atoms with Crippen LogP contribution in [0.4, 0.5) is 4.39 Å². The summed E-state index contributed by atoms with van der Waals surface area (Å²) in [5.41, 5.74) is 4.77. The van der Waals surface area contributed by atoms with Crippen molar-refractivity contribution in [2.24, 2.45) is 5.92 Å². The number of hydrogen-bond donors (Lipinski definition) is 0. The molecule has 2 aromatic rings. The van der Waals surface area contributed by atoms with Gasteiger partial charge in [0.1, 0.15) is 12.4 Å². The number of esters is 1. The van der Waals surface area contributed by atoms with Gasteiger partial charge in [-0.05, 0) is 87.1 Å². The van der Waals surface area contributed by atoms with Crippen LogP contribution in [0.2, 0.25) is 0 Å². The van der Waals surface area contributed by atoms with Crippen LogP contribution < -0.4 is 0 Å². The number of likely N-dealkylation sites (tertiary alicyclic amines) is 1. The van der Waals surface area contributed by atoms with Crippen molar-refractivity contribution in [1.82, 2.24) is 4.90 Å². The number of nitrogens with zero attached hydrogens (tertiary/aromatic N) is 1. The molecular weight excluding hydrogens is 397 g/mol. The van der Waals surface area contributed by atoms with Crippen LogP contribution in [0.3, 0.4) is 0 Å². The van der Waals surface area contributed by atoms with E-state index in [1.54, 1.807) is 11.8 Å². The summed E-state index contributed by atoms with van der Waals surface area (Å²) in [6.07, 6.45) is 1.05. The summed E-state index contributed by atoms with van der Waals surface area (Å²) >= 11 is 0. The lowest BCUT2D eigenvalue weighted by Gasteiger charge is -2.31. The SMILES string of the molecule is CC(=O)c1c(C)cc(C)c(COC(=O)C2CCN(C(=O)c3ccc(F)cc3)CC2)c1C. The molecule has 6 heteroatoms. The maximum absolute atomic E-state index is 13.1. The molecule has 1 fully saturated rings. The number of benzene rings is 2. The predicted octanol–water partition coefficient (Wildman–Crippen LogP) is 4.55. The molecule has 1 saturated heterocycles. The summed E-state index contributed by atoms with van der Waals surface area (Å²) in [4.78, 5) is 38.8. The third-order valence-corrected chi connectivity index (χ3v) is 6.05. The van der Waals surface area contributed by atoms with E-state index in [9.17, 15) is 18.8 Å². The molecular formula is C25H28FNO4. The number of ether oxygens (including phenoxy) is 1. The number of rotatable bonds is 5. The predicted molar refractivity (Wildman–Crippen MR) is 115 cm³/mol. The Bertz CT molecular complexity index is 1010. The third kappa shape index (κ3) is 5.01. The summed E-state index contributed by atoms with van der Waals surface area (Å²) in [5.74, 6) is -1.09. The highest BCUT2D eigenvalue weighted by Gasteiger charge is 2.29. The van der Waals surface area contributed by atoms with Crippen molar-refractivity contribution >= 4 is 17.7 Å². The minimum Gasteiger partial charge on any atom is -0.461 e. The lowest BCUT2D eigenvalue weighted by Crippen LogP contribution is -2.40. The maximum atomic E-state index is 13.1. The summed E-state index contributed by atoms with van der Waals surface area (Å²) in [6.45, 7) is 8.33. The number of ketones is 1. The summed E-state index contributed by atoms with van der Waals surface area (Å²) in [5, 5.41) is 0. The number of carbonyl (C=O) groups is 3. The number of hydrogen-bond acceptors (Lipinski definition) is 4. The molecule has 1 aliphatic rings. The molecule has 0 saturated carbocycles. The van der Waals surface area contributed by atoms with E-state index >= 15 is 0 Å². The van der Waals surface area contributed by atoms with E-state index in [4.69, 9.17) is 4.74 Å². The minimum absolute atomic E-state index is 0.000713. The van der Waals surface area contributed by atoms with Gasteiger partial charge in [0.15, 0.2) is 5.78 Å². The van der Waals surface area contributed by atoms with E-state index in [1.807, 2.05) is 26.8 Å². The highest BCUT2D eigenvalue weighted by atomic mass is 19.1. The fraction of sp³-hybridized carbons (Fsp3) is 0.400. The standard InChI is InChI=1S/C25H28FNO4/c1-15-13-16(2)23(18(4)28)17(3)22(15)14-31-25(30)20-9-11-27(12-10-20)24(29)19-5-7-21(26)8-6-19/h5-8,13,20H,9-12,14H2,1-4H3. The molecule has 3 rings (SSSR count). The Morgan fingerprint density at radius 1 is 1.03 bits per heavy atom. The molecule has 1 amide bonds. The van der Waals surface area contributed by atoms with Crippen molar-refractivity contribution in [3.8, 4) is 0 Å². The van der Waals surface area contributed by atoms with Crippen LogP contribution in [0.15, 0.2) is 30.3 Å². The van der Waals surface area contributed by atoms with Gasteiger partial charge >= 0.3 is 5.97 Å². The third-order valence-electron chi connectivity index (χ3n) is 6.05. The zero-order valence-corrected chi connectivity index (χ0v) is 18.5. The molecule has 0 atom stereocenters. The normalized spacial score (nSPS) is 14.4. The molecule has 2 aromatic carbocycles. The van der Waals surface area contributed by atoms with Gasteiger partial charge in [0.25, 0.3) is 5.91 Å². The van der Waals surface area contributed by atoms with Crippen LogP contribution in [-0.2, 0) is 16.1 Å². The minimum atomic E-state index is -0.382. The zero-order chi connectivity index (χ0) is 22.7. The molecule has 164 valence electrons. The Kier molecular flexibility index (Phi) is 6.88. The van der Waals surface area contributed by atoms with Crippen LogP contribution in [0.25, 0.3) is 0 Å². The smallest absolute Gasteiger partial charge is 0.309 e. The first-order valence-electron chi connectivity index (χ1n) is 10.5. The van der Waals surface area contributed by atoms with Gasteiger partial charge in [-0.15, -0.1) is 0 Å². The van der Waals surface area contributed by atoms with Gasteiger partial charge in [-0.1, -0.05) is 6.07 Å². The average Bonchev–Trinajstić information content (AvgIpc) is 2.73. The summed E-state index contributed by atoms with van der Waals surface area (Å²) in [7, 11) is 0. The first-order valence-corrected chi connectivity index (χ1v) is 10.5. The van der Waals surface area contributed by atoms with Crippen molar-refractivity contribution in [2.45, 2.75) is 47.1 Å². The molecule has 0 N–H and O–H groups in total. The van der Waals surface area contributed by atoms with E-state index in [-0.39, 0.29) is 36.0 Å². The Labute approximate surface area is 182 Å². The van der Waals surface area contributed by atoms with Crippen molar-refractivity contribution in [3.05, 3.63) is 69.5 Å². The molecule has 1 aliphatic heterocycles. The number of amides is 1. The highest BCUT2D eigenvalue weighted by Crippen LogP contribution is 2.25. The number of Topliss-reactive ketones (excluding diaryl/α,β-unsaturated/α-hetero) is 1. The second-order valence-electron chi connectivity index (χ2n) is 8.23. The Morgan fingerprint density at radius 3 is 2.23 bits per heavy atom. The van der Waals surface area contributed by atoms with Gasteiger partial charge in [-0.2, -0.15) is 0 Å². The second kappa shape index (κ2) is 9.41. The van der Waals surface area contributed by atoms with Gasteiger partial charge < -0.3 is 9.64 Å². The molecule has 0 bridgehead atoms. The lowest BCUT2D eigenvalue weighted by molar-refractivity contribution is -0.151. The second-order valence-corrected chi connectivity index (χ2v) is 8.23. The number of aryl methyl sites for hydroxylation is 2. The van der Waals surface area contributed by atoms with E-state index in [0.29, 0.717) is 37.1 Å². The molecule has 0 aliphatic carbocycles. The van der Waals surface area contributed by atoms with Crippen LogP contribution in [0.5, 0.6) is 0 Å². The van der Waals surface area contributed by atoms with Crippen LogP contribution in [0.1, 0.15) is 62.7 Å². The Hall–Kier alpha value is -3.02. The van der Waals surface area contributed by atoms with Crippen LogP contribution in [-0.4, -0.2) is 35.6 Å². The molecule has 5 nitrogen and oxygen atoms in total. The van der Waals surface area contributed by atoms with Crippen molar-refractivity contribution in [2.75, 3.05) is 13.1 Å². The first kappa shape index (κ1) is 22.7. The Morgan fingerprint density at radius 2 is 1.65 bits per heavy atom. The topological polar surface area (TPSA) is 63.7 Å².